The van der Waals surface area contributed by atoms with Crippen LogP contribution in [-0.2, 0) is 13.0 Å². The fourth-order valence-corrected chi connectivity index (χ4v) is 2.54. The third-order valence-electron chi connectivity index (χ3n) is 3.38. The van der Waals surface area contributed by atoms with Crippen LogP contribution in [0, 0.1) is 6.92 Å². The number of nitrogens with zero attached hydrogens (tertiary/aromatic N) is 1. The van der Waals surface area contributed by atoms with Gasteiger partial charge in [-0.15, -0.1) is 0 Å². The summed E-state index contributed by atoms with van der Waals surface area (Å²) in [5.41, 5.74) is 2.52. The normalized spacial score (nSPS) is 15.9. The van der Waals surface area contributed by atoms with Gasteiger partial charge in [-0.1, -0.05) is 0 Å². The number of alkyl halides is 3. The third-order valence-corrected chi connectivity index (χ3v) is 3.38. The number of halogens is 3. The second kappa shape index (κ2) is 4.78. The molecule has 0 unspecified atom stereocenters. The van der Waals surface area contributed by atoms with Crippen molar-refractivity contribution >= 4 is 5.78 Å². The average molecular weight is 259 g/mol. The Morgan fingerprint density at radius 3 is 2.72 bits per heavy atom. The monoisotopic (exact) mass is 259 g/mol. The molecule has 0 aromatic carbocycles. The molecular formula is C13H16F3NO. The lowest BCUT2D eigenvalue weighted by atomic mass is 9.96. The molecule has 0 spiro atoms. The van der Waals surface area contributed by atoms with Crippen LogP contribution in [0.5, 0.6) is 0 Å². The van der Waals surface area contributed by atoms with E-state index in [0.29, 0.717) is 18.5 Å². The number of fused-ring (bicyclic) bond motifs is 1. The van der Waals surface area contributed by atoms with E-state index in [0.717, 1.165) is 24.2 Å². The van der Waals surface area contributed by atoms with Crippen LogP contribution < -0.4 is 0 Å². The summed E-state index contributed by atoms with van der Waals surface area (Å²) in [6.45, 7) is 2.19. The van der Waals surface area contributed by atoms with Gasteiger partial charge in [0.25, 0.3) is 0 Å². The fourth-order valence-electron chi connectivity index (χ4n) is 2.54. The predicted molar refractivity (Wildman–Crippen MR) is 61.7 cm³/mol. The van der Waals surface area contributed by atoms with Crippen LogP contribution in [0.3, 0.4) is 0 Å². The van der Waals surface area contributed by atoms with Crippen molar-refractivity contribution in [2.24, 2.45) is 0 Å². The fraction of sp³-hybridized carbons (Fsp3) is 0.615. The minimum Gasteiger partial charge on any atom is -0.348 e. The topological polar surface area (TPSA) is 22.0 Å². The van der Waals surface area contributed by atoms with E-state index in [-0.39, 0.29) is 12.2 Å². The number of aryl methyl sites for hydroxylation is 1. The van der Waals surface area contributed by atoms with Gasteiger partial charge in [0.2, 0.25) is 0 Å². The lowest BCUT2D eigenvalue weighted by Gasteiger charge is -2.16. The van der Waals surface area contributed by atoms with Gasteiger partial charge in [0.1, 0.15) is 0 Å². The number of hydrogen-bond acceptors (Lipinski definition) is 1. The minimum atomic E-state index is -4.10. The molecule has 0 radical (unpaired) electrons. The van der Waals surface area contributed by atoms with Gasteiger partial charge in [0.15, 0.2) is 5.78 Å². The number of Topliss-reactive ketones (excluding diaryl/α,β-unsaturated/α-hetero) is 1. The first-order chi connectivity index (χ1) is 8.38. The molecule has 2 nitrogen and oxygen atoms in total. The summed E-state index contributed by atoms with van der Waals surface area (Å²) in [5, 5.41) is 0. The first-order valence-electron chi connectivity index (χ1n) is 6.17. The van der Waals surface area contributed by atoms with Crippen molar-refractivity contribution in [2.45, 2.75) is 51.7 Å². The Morgan fingerprint density at radius 2 is 2.06 bits per heavy atom. The number of carbonyl (C=O) groups is 1. The van der Waals surface area contributed by atoms with E-state index in [1.54, 1.807) is 0 Å². The van der Waals surface area contributed by atoms with E-state index in [4.69, 9.17) is 0 Å². The standard InChI is InChI=1S/C13H16F3NO/c1-9-8-10-11(4-2-5-12(10)18)17(9)7-3-6-13(14,15)16/h8H,2-7H2,1H3. The van der Waals surface area contributed by atoms with Crippen LogP contribution in [0.15, 0.2) is 6.07 Å². The zero-order valence-corrected chi connectivity index (χ0v) is 10.3. The Labute approximate surface area is 104 Å². The Bertz CT molecular complexity index is 460. The highest BCUT2D eigenvalue weighted by Crippen LogP contribution is 2.27. The zero-order chi connectivity index (χ0) is 13.3. The van der Waals surface area contributed by atoms with Crippen molar-refractivity contribution in [3.63, 3.8) is 0 Å². The molecule has 0 saturated carbocycles. The number of hydrogen-bond donors (Lipinski definition) is 0. The van der Waals surface area contributed by atoms with Crippen LogP contribution in [0.1, 0.15) is 47.4 Å². The van der Waals surface area contributed by atoms with E-state index >= 15 is 0 Å². The lowest BCUT2D eigenvalue weighted by Crippen LogP contribution is -2.15. The highest BCUT2D eigenvalue weighted by Gasteiger charge is 2.27. The van der Waals surface area contributed by atoms with Gasteiger partial charge in [-0.2, -0.15) is 13.2 Å². The van der Waals surface area contributed by atoms with Crippen molar-refractivity contribution in [1.29, 1.82) is 0 Å². The lowest BCUT2D eigenvalue weighted by molar-refractivity contribution is -0.135. The summed E-state index contributed by atoms with van der Waals surface area (Å²) in [5.74, 6) is 0.119. The van der Waals surface area contributed by atoms with Gasteiger partial charge in [0, 0.05) is 36.3 Å². The second-order valence-electron chi connectivity index (χ2n) is 4.79. The van der Waals surface area contributed by atoms with Crippen LogP contribution in [0.25, 0.3) is 0 Å². The molecule has 1 aliphatic carbocycles. The molecule has 1 aromatic heterocycles. The number of carbonyl (C=O) groups excluding carboxylic acids is 1. The Balaban J connectivity index is 2.11. The summed E-state index contributed by atoms with van der Waals surface area (Å²) in [7, 11) is 0. The van der Waals surface area contributed by atoms with Crippen LogP contribution in [0.2, 0.25) is 0 Å². The second-order valence-corrected chi connectivity index (χ2v) is 4.79. The summed E-state index contributed by atoms with van der Waals surface area (Å²) >= 11 is 0. The first-order valence-corrected chi connectivity index (χ1v) is 6.17. The molecule has 1 heterocycles. The van der Waals surface area contributed by atoms with Crippen LogP contribution >= 0.6 is 0 Å². The molecule has 0 N–H and O–H groups in total. The van der Waals surface area contributed by atoms with Crippen LogP contribution in [-0.4, -0.2) is 16.5 Å². The van der Waals surface area contributed by atoms with Gasteiger partial charge in [-0.25, -0.2) is 0 Å². The van der Waals surface area contributed by atoms with Crippen LogP contribution in [0.4, 0.5) is 13.2 Å². The summed E-state index contributed by atoms with van der Waals surface area (Å²) in [6, 6.07) is 1.81. The molecule has 0 fully saturated rings. The van der Waals surface area contributed by atoms with E-state index in [9.17, 15) is 18.0 Å². The van der Waals surface area contributed by atoms with Gasteiger partial charge < -0.3 is 4.57 Å². The summed E-state index contributed by atoms with van der Waals surface area (Å²) in [4.78, 5) is 11.7. The quantitative estimate of drug-likeness (QED) is 0.812. The van der Waals surface area contributed by atoms with E-state index in [1.807, 2.05) is 17.6 Å². The SMILES string of the molecule is Cc1cc2c(n1CCCC(F)(F)F)CCCC2=O. The molecular weight excluding hydrogens is 243 g/mol. The van der Waals surface area contributed by atoms with Gasteiger partial charge >= 0.3 is 6.18 Å². The molecule has 1 aromatic rings. The molecule has 0 aliphatic heterocycles. The highest BCUT2D eigenvalue weighted by atomic mass is 19.4. The highest BCUT2D eigenvalue weighted by molar-refractivity contribution is 5.98. The molecule has 5 heteroatoms. The minimum absolute atomic E-state index is 0.0691. The van der Waals surface area contributed by atoms with E-state index in [1.165, 1.54) is 0 Å². The Morgan fingerprint density at radius 1 is 1.33 bits per heavy atom. The maximum absolute atomic E-state index is 12.1. The molecule has 0 amide bonds. The molecule has 0 saturated heterocycles. The Hall–Kier alpha value is -1.26. The predicted octanol–water partition coefficient (Wildman–Crippen LogP) is 3.66. The maximum Gasteiger partial charge on any atom is 0.389 e. The summed E-state index contributed by atoms with van der Waals surface area (Å²) < 4.78 is 38.2. The zero-order valence-electron chi connectivity index (χ0n) is 10.3. The van der Waals surface area contributed by atoms with Crippen molar-refractivity contribution < 1.29 is 18.0 Å². The first kappa shape index (κ1) is 13.2. The van der Waals surface area contributed by atoms with E-state index < -0.39 is 12.6 Å². The average Bonchev–Trinajstić information content (AvgIpc) is 2.56. The smallest absolute Gasteiger partial charge is 0.348 e. The van der Waals surface area contributed by atoms with Gasteiger partial charge in [0.05, 0.1) is 0 Å². The van der Waals surface area contributed by atoms with Crippen molar-refractivity contribution in [1.82, 2.24) is 4.57 Å². The Kier molecular flexibility index (Phi) is 3.50. The number of ketones is 1. The van der Waals surface area contributed by atoms with Crippen molar-refractivity contribution in [3.8, 4) is 0 Å². The molecule has 1 aliphatic rings. The van der Waals surface area contributed by atoms with E-state index in [2.05, 4.69) is 0 Å². The molecule has 0 bridgehead atoms. The van der Waals surface area contributed by atoms with Crippen molar-refractivity contribution in [2.75, 3.05) is 0 Å². The van der Waals surface area contributed by atoms with Crippen molar-refractivity contribution in [3.05, 3.63) is 23.0 Å². The molecule has 18 heavy (non-hydrogen) atoms. The number of rotatable bonds is 3. The molecule has 0 atom stereocenters. The number of aromatic nitrogens is 1. The van der Waals surface area contributed by atoms with Gasteiger partial charge in [-0.05, 0) is 32.3 Å². The summed E-state index contributed by atoms with van der Waals surface area (Å²) in [6.07, 6.45) is -2.65. The maximum atomic E-state index is 12.1. The largest absolute Gasteiger partial charge is 0.389 e. The van der Waals surface area contributed by atoms with Gasteiger partial charge in [-0.3, -0.25) is 4.79 Å². The third kappa shape index (κ3) is 2.76. The molecule has 100 valence electrons. The molecule has 2 rings (SSSR count).